The van der Waals surface area contributed by atoms with Gasteiger partial charge in [0.05, 0.1) is 0 Å². The molecule has 120 valence electrons. The number of hydrogen-bond acceptors (Lipinski definition) is 6. The highest BCUT2D eigenvalue weighted by Crippen LogP contribution is 2.35. The molecule has 3 heterocycles. The zero-order chi connectivity index (χ0) is 15.8. The predicted molar refractivity (Wildman–Crippen MR) is 79.2 cm³/mol. The minimum atomic E-state index is -0.164. The molecular weight excluding hydrogens is 298 g/mol. The van der Waals surface area contributed by atoms with Crippen LogP contribution < -0.4 is 9.47 Å². The molecule has 4 rings (SSSR count). The zero-order valence-corrected chi connectivity index (χ0v) is 12.8. The number of carbonyl (C=O) groups is 1. The maximum absolute atomic E-state index is 12.9. The van der Waals surface area contributed by atoms with Crippen molar-refractivity contribution in [3.63, 3.8) is 0 Å². The molecule has 2 aromatic rings. The minimum absolute atomic E-state index is 0.0520. The number of carbonyl (C=O) groups excluding carboxylic acids is 1. The molecule has 0 spiro atoms. The van der Waals surface area contributed by atoms with Crippen LogP contribution >= 0.6 is 0 Å². The van der Waals surface area contributed by atoms with Crippen LogP contribution in [-0.4, -0.2) is 34.3 Å². The number of rotatable bonds is 2. The van der Waals surface area contributed by atoms with Gasteiger partial charge in [-0.3, -0.25) is 4.79 Å². The van der Waals surface area contributed by atoms with Gasteiger partial charge in [0, 0.05) is 12.1 Å². The van der Waals surface area contributed by atoms with Crippen molar-refractivity contribution in [1.29, 1.82) is 0 Å². The van der Waals surface area contributed by atoms with Crippen LogP contribution in [0.5, 0.6) is 11.5 Å². The summed E-state index contributed by atoms with van der Waals surface area (Å²) in [5.41, 5.74) is 0.581. The summed E-state index contributed by atoms with van der Waals surface area (Å²) < 4.78 is 15.9. The average molecular weight is 315 g/mol. The van der Waals surface area contributed by atoms with E-state index in [-0.39, 0.29) is 18.7 Å². The Morgan fingerprint density at radius 3 is 2.96 bits per heavy atom. The van der Waals surface area contributed by atoms with Crippen molar-refractivity contribution in [2.45, 2.75) is 32.2 Å². The van der Waals surface area contributed by atoms with Crippen molar-refractivity contribution in [2.24, 2.45) is 0 Å². The SMILES string of the molecule is Cc1noc(C2CCCCN2C(=O)c2ccc3c(c2)OCO3)n1. The smallest absolute Gasteiger partial charge is 0.254 e. The maximum atomic E-state index is 12.9. The van der Waals surface area contributed by atoms with Crippen LogP contribution in [0.2, 0.25) is 0 Å². The van der Waals surface area contributed by atoms with Gasteiger partial charge in [0.2, 0.25) is 12.7 Å². The van der Waals surface area contributed by atoms with Gasteiger partial charge in [0.15, 0.2) is 17.3 Å². The zero-order valence-electron chi connectivity index (χ0n) is 12.8. The van der Waals surface area contributed by atoms with Crippen molar-refractivity contribution in [1.82, 2.24) is 15.0 Å². The summed E-state index contributed by atoms with van der Waals surface area (Å²) in [5, 5.41) is 3.84. The first kappa shape index (κ1) is 14.0. The molecular formula is C16H17N3O4. The van der Waals surface area contributed by atoms with E-state index < -0.39 is 0 Å². The molecule has 0 aliphatic carbocycles. The van der Waals surface area contributed by atoms with Gasteiger partial charge in [-0.2, -0.15) is 4.98 Å². The summed E-state index contributed by atoms with van der Waals surface area (Å²) in [6, 6.07) is 5.10. The van der Waals surface area contributed by atoms with Gasteiger partial charge >= 0.3 is 0 Å². The highest BCUT2D eigenvalue weighted by Gasteiger charge is 2.33. The summed E-state index contributed by atoms with van der Waals surface area (Å²) in [6.07, 6.45) is 2.84. The Bertz CT molecular complexity index is 743. The number of aromatic nitrogens is 2. The second-order valence-electron chi connectivity index (χ2n) is 5.76. The molecule has 1 atom stereocenters. The van der Waals surface area contributed by atoms with E-state index in [0.29, 0.717) is 35.3 Å². The largest absolute Gasteiger partial charge is 0.454 e. The Kier molecular flexibility index (Phi) is 3.40. The molecule has 0 bridgehead atoms. The van der Waals surface area contributed by atoms with Crippen molar-refractivity contribution >= 4 is 5.91 Å². The first-order chi connectivity index (χ1) is 11.2. The van der Waals surface area contributed by atoms with Crippen LogP contribution in [0, 0.1) is 6.92 Å². The van der Waals surface area contributed by atoms with Crippen molar-refractivity contribution in [3.8, 4) is 11.5 Å². The van der Waals surface area contributed by atoms with Crippen LogP contribution in [0.25, 0.3) is 0 Å². The second kappa shape index (κ2) is 5.57. The van der Waals surface area contributed by atoms with Gasteiger partial charge in [-0.05, 0) is 44.4 Å². The molecule has 1 aromatic heterocycles. The number of likely N-dealkylation sites (tertiary alicyclic amines) is 1. The van der Waals surface area contributed by atoms with Crippen LogP contribution in [0.1, 0.15) is 47.4 Å². The van der Waals surface area contributed by atoms with E-state index in [9.17, 15) is 4.79 Å². The molecule has 0 N–H and O–H groups in total. The van der Waals surface area contributed by atoms with Crippen LogP contribution in [-0.2, 0) is 0 Å². The summed E-state index contributed by atoms with van der Waals surface area (Å²) in [4.78, 5) is 19.0. The van der Waals surface area contributed by atoms with E-state index in [1.165, 1.54) is 0 Å². The number of hydrogen-bond donors (Lipinski definition) is 0. The van der Waals surface area contributed by atoms with Gasteiger partial charge in [0.1, 0.15) is 6.04 Å². The number of nitrogens with zero attached hydrogens (tertiary/aromatic N) is 3. The van der Waals surface area contributed by atoms with Crippen LogP contribution in [0.4, 0.5) is 0 Å². The molecule has 7 heteroatoms. The third kappa shape index (κ3) is 2.52. The molecule has 2 aliphatic heterocycles. The molecule has 0 radical (unpaired) electrons. The summed E-state index contributed by atoms with van der Waals surface area (Å²) in [6.45, 7) is 2.65. The Balaban J connectivity index is 1.62. The van der Waals surface area contributed by atoms with Gasteiger partial charge in [-0.25, -0.2) is 0 Å². The second-order valence-corrected chi connectivity index (χ2v) is 5.76. The summed E-state index contributed by atoms with van der Waals surface area (Å²) in [7, 11) is 0. The number of piperidine rings is 1. The molecule has 1 aromatic carbocycles. The first-order valence-corrected chi connectivity index (χ1v) is 7.73. The topological polar surface area (TPSA) is 77.7 Å². The van der Waals surface area contributed by atoms with Crippen LogP contribution in [0.15, 0.2) is 22.7 Å². The highest BCUT2D eigenvalue weighted by molar-refractivity contribution is 5.95. The Hall–Kier alpha value is -2.57. The van der Waals surface area contributed by atoms with Crippen molar-refractivity contribution in [3.05, 3.63) is 35.5 Å². The molecule has 1 amide bonds. The van der Waals surface area contributed by atoms with E-state index >= 15 is 0 Å². The standard InChI is InChI=1S/C16H17N3O4/c1-10-17-15(23-18-10)12-4-2-3-7-19(12)16(20)11-5-6-13-14(8-11)22-9-21-13/h5-6,8,12H,2-4,7,9H2,1H3. The fourth-order valence-corrected chi connectivity index (χ4v) is 3.08. The lowest BCUT2D eigenvalue weighted by molar-refractivity contribution is 0.0561. The van der Waals surface area contributed by atoms with E-state index in [0.717, 1.165) is 19.3 Å². The van der Waals surface area contributed by atoms with Gasteiger partial charge in [-0.15, -0.1) is 0 Å². The molecule has 1 saturated heterocycles. The lowest BCUT2D eigenvalue weighted by Crippen LogP contribution is -2.38. The minimum Gasteiger partial charge on any atom is -0.454 e. The normalized spacial score (nSPS) is 19.9. The number of aryl methyl sites for hydroxylation is 1. The molecule has 1 unspecified atom stereocenters. The molecule has 1 fully saturated rings. The monoisotopic (exact) mass is 315 g/mol. The van der Waals surface area contributed by atoms with Gasteiger partial charge < -0.3 is 18.9 Å². The predicted octanol–water partition coefficient (Wildman–Crippen LogP) is 2.47. The molecule has 23 heavy (non-hydrogen) atoms. The van der Waals surface area contributed by atoms with Crippen LogP contribution in [0.3, 0.4) is 0 Å². The fourth-order valence-electron chi connectivity index (χ4n) is 3.08. The van der Waals surface area contributed by atoms with E-state index in [1.807, 2.05) is 4.90 Å². The molecule has 0 saturated carbocycles. The number of fused-ring (bicyclic) bond motifs is 1. The number of benzene rings is 1. The Morgan fingerprint density at radius 2 is 2.13 bits per heavy atom. The lowest BCUT2D eigenvalue weighted by atomic mass is 10.0. The molecule has 7 nitrogen and oxygen atoms in total. The Labute approximate surface area is 133 Å². The lowest BCUT2D eigenvalue weighted by Gasteiger charge is -2.33. The van der Waals surface area contributed by atoms with E-state index in [1.54, 1.807) is 25.1 Å². The van der Waals surface area contributed by atoms with Crippen molar-refractivity contribution < 1.29 is 18.8 Å². The maximum Gasteiger partial charge on any atom is 0.254 e. The molecule has 2 aliphatic rings. The van der Waals surface area contributed by atoms with E-state index in [4.69, 9.17) is 14.0 Å². The summed E-state index contributed by atoms with van der Waals surface area (Å²) in [5.74, 6) is 2.32. The quantitative estimate of drug-likeness (QED) is 0.847. The van der Waals surface area contributed by atoms with E-state index in [2.05, 4.69) is 10.1 Å². The number of amides is 1. The number of ether oxygens (including phenoxy) is 2. The fraction of sp³-hybridized carbons (Fsp3) is 0.438. The summed E-state index contributed by atoms with van der Waals surface area (Å²) >= 11 is 0. The highest BCUT2D eigenvalue weighted by atomic mass is 16.7. The third-order valence-corrected chi connectivity index (χ3v) is 4.21. The van der Waals surface area contributed by atoms with Crippen molar-refractivity contribution in [2.75, 3.05) is 13.3 Å². The first-order valence-electron chi connectivity index (χ1n) is 7.73. The Morgan fingerprint density at radius 1 is 1.26 bits per heavy atom. The van der Waals surface area contributed by atoms with Gasteiger partial charge in [0.25, 0.3) is 5.91 Å². The van der Waals surface area contributed by atoms with Gasteiger partial charge in [-0.1, -0.05) is 5.16 Å². The third-order valence-electron chi connectivity index (χ3n) is 4.21. The average Bonchev–Trinajstić information content (AvgIpc) is 3.22.